The van der Waals surface area contributed by atoms with Gasteiger partial charge in [0.25, 0.3) is 0 Å². The van der Waals surface area contributed by atoms with Crippen LogP contribution in [0.25, 0.3) is 0 Å². The highest BCUT2D eigenvalue weighted by molar-refractivity contribution is 8.00. The predicted molar refractivity (Wildman–Crippen MR) is 175 cm³/mol. The molecule has 0 aromatic heterocycles. The zero-order valence-electron chi connectivity index (χ0n) is 26.3. The van der Waals surface area contributed by atoms with E-state index in [0.717, 1.165) is 97.4 Å². The average molecular weight is 605 g/mol. The number of ether oxygens (including phenoxy) is 3. The summed E-state index contributed by atoms with van der Waals surface area (Å²) in [6, 6.07) is 20.4. The smallest absolute Gasteiger partial charge is 0.125 e. The Hall–Kier alpha value is -2.75. The minimum absolute atomic E-state index is 0.221. The lowest BCUT2D eigenvalue weighted by Crippen LogP contribution is -2.47. The van der Waals surface area contributed by atoms with Crippen LogP contribution in [0, 0.1) is 12.1 Å². The second-order valence-electron chi connectivity index (χ2n) is 11.8. The summed E-state index contributed by atoms with van der Waals surface area (Å²) in [6.07, 6.45) is 3.06. The molecule has 0 saturated carbocycles. The molecule has 2 heterocycles. The maximum atomic E-state index is 13.6. The Labute approximate surface area is 261 Å². The first-order valence-corrected chi connectivity index (χ1v) is 16.3. The molecule has 8 heteroatoms. The van der Waals surface area contributed by atoms with Crippen LogP contribution < -0.4 is 14.2 Å². The highest BCUT2D eigenvalue weighted by atomic mass is 32.2. The predicted octanol–water partition coefficient (Wildman–Crippen LogP) is 6.87. The molecule has 3 aromatic rings. The van der Waals surface area contributed by atoms with Crippen LogP contribution in [0.2, 0.25) is 0 Å². The van der Waals surface area contributed by atoms with Crippen LogP contribution in [0.15, 0.2) is 65.6 Å². The molecule has 0 N–H and O–H groups in total. The number of hydrogen-bond donors (Lipinski definition) is 0. The van der Waals surface area contributed by atoms with Gasteiger partial charge in [-0.2, -0.15) is 0 Å². The zero-order valence-corrected chi connectivity index (χ0v) is 27.1. The second-order valence-corrected chi connectivity index (χ2v) is 13.3. The Morgan fingerprint density at radius 3 is 2.26 bits per heavy atom. The van der Waals surface area contributed by atoms with Crippen molar-refractivity contribution in [3.8, 4) is 17.2 Å². The van der Waals surface area contributed by atoms with Gasteiger partial charge in [-0.25, -0.2) is 0 Å². The largest absolute Gasteiger partial charge is 0.784 e. The molecule has 2 aliphatic heterocycles. The van der Waals surface area contributed by atoms with Crippen molar-refractivity contribution in [3.05, 3.63) is 88.1 Å². The van der Waals surface area contributed by atoms with Gasteiger partial charge in [0, 0.05) is 55.3 Å². The number of hydrogen-bond acceptors (Lipinski definition) is 8. The first-order chi connectivity index (χ1) is 20.8. The summed E-state index contributed by atoms with van der Waals surface area (Å²) in [5, 5.41) is 14.9. The molecule has 0 aliphatic carbocycles. The summed E-state index contributed by atoms with van der Waals surface area (Å²) >= 11 is 1.63. The molecular weight excluding hydrogens is 558 g/mol. The van der Waals surface area contributed by atoms with Gasteiger partial charge < -0.3 is 34.3 Å². The Morgan fingerprint density at radius 1 is 0.884 bits per heavy atom. The number of rotatable bonds is 12. The SMILES string of the molecule is COc1cc(CCN2CCN(CCCCOc3ccc(C)cc3C3(C)Sc4ccccc4C(C)N3[O-])CC2)cc(OC)c1. The second kappa shape index (κ2) is 14.4. The van der Waals surface area contributed by atoms with Crippen molar-refractivity contribution >= 4 is 11.8 Å². The van der Waals surface area contributed by atoms with Crippen molar-refractivity contribution < 1.29 is 14.2 Å². The standard InChI is InChI=1S/C35H46N3O4S/c1-26-12-13-33(32(22-26)35(3)38(39)27(2)31-10-6-7-11-34(31)43-35)42-21-9-8-15-36-17-19-37(20-18-36)16-14-28-23-29(40-4)25-30(24-28)41-5/h6-7,10-13,22-25,27H,8-9,14-21H2,1-5H3/q-1. The summed E-state index contributed by atoms with van der Waals surface area (Å²) in [5.41, 5.74) is 4.42. The number of methoxy groups -OCH3 is 2. The lowest BCUT2D eigenvalue weighted by molar-refractivity contribution is 0.130. The van der Waals surface area contributed by atoms with E-state index < -0.39 is 4.87 Å². The fraction of sp³-hybridized carbons (Fsp3) is 0.486. The first kappa shape index (κ1) is 31.7. The molecular formula is C35H46N3O4S-. The molecule has 1 fully saturated rings. The van der Waals surface area contributed by atoms with Crippen LogP contribution in [0.4, 0.5) is 0 Å². The van der Waals surface area contributed by atoms with E-state index in [-0.39, 0.29) is 6.04 Å². The Bertz CT molecular complexity index is 1340. The minimum Gasteiger partial charge on any atom is -0.784 e. The van der Waals surface area contributed by atoms with Crippen LogP contribution in [-0.4, -0.2) is 75.0 Å². The lowest BCUT2D eigenvalue weighted by atomic mass is 9.99. The number of piperazine rings is 1. The number of hydroxylamine groups is 2. The molecule has 7 nitrogen and oxygen atoms in total. The average Bonchev–Trinajstić information content (AvgIpc) is 3.03. The Balaban J connectivity index is 1.08. The van der Waals surface area contributed by atoms with Gasteiger partial charge in [-0.15, -0.1) is 0 Å². The molecule has 0 spiro atoms. The van der Waals surface area contributed by atoms with Gasteiger partial charge in [0.15, 0.2) is 0 Å². The molecule has 5 rings (SSSR count). The fourth-order valence-electron chi connectivity index (χ4n) is 6.13. The molecule has 0 amide bonds. The van der Waals surface area contributed by atoms with Gasteiger partial charge in [-0.1, -0.05) is 41.6 Å². The lowest BCUT2D eigenvalue weighted by Gasteiger charge is -2.53. The molecule has 232 valence electrons. The van der Waals surface area contributed by atoms with Crippen molar-refractivity contribution in [2.75, 3.05) is 60.1 Å². The van der Waals surface area contributed by atoms with Crippen molar-refractivity contribution in [3.63, 3.8) is 0 Å². The van der Waals surface area contributed by atoms with Gasteiger partial charge in [0.1, 0.15) is 17.2 Å². The van der Waals surface area contributed by atoms with Crippen LogP contribution in [0.1, 0.15) is 55.0 Å². The van der Waals surface area contributed by atoms with Gasteiger partial charge in [0.2, 0.25) is 0 Å². The molecule has 2 unspecified atom stereocenters. The van der Waals surface area contributed by atoms with Crippen molar-refractivity contribution in [1.82, 2.24) is 14.9 Å². The van der Waals surface area contributed by atoms with Crippen LogP contribution in [0.3, 0.4) is 0 Å². The molecule has 2 aliphatic rings. The normalized spacial score (nSPS) is 21.4. The molecule has 0 radical (unpaired) electrons. The van der Waals surface area contributed by atoms with E-state index in [1.165, 1.54) is 10.6 Å². The molecule has 3 aromatic carbocycles. The maximum Gasteiger partial charge on any atom is 0.125 e. The Morgan fingerprint density at radius 2 is 1.56 bits per heavy atom. The number of benzene rings is 3. The third-order valence-electron chi connectivity index (χ3n) is 8.80. The fourth-order valence-corrected chi connectivity index (χ4v) is 7.58. The summed E-state index contributed by atoms with van der Waals surface area (Å²) in [5.74, 6) is 2.50. The topological polar surface area (TPSA) is 60.5 Å². The van der Waals surface area contributed by atoms with E-state index in [4.69, 9.17) is 14.2 Å². The quantitative estimate of drug-likeness (QED) is 0.208. The van der Waals surface area contributed by atoms with E-state index >= 15 is 0 Å². The number of thioether (sulfide) groups is 1. The third kappa shape index (κ3) is 7.49. The van der Waals surface area contributed by atoms with E-state index in [0.29, 0.717) is 6.61 Å². The summed E-state index contributed by atoms with van der Waals surface area (Å²) in [6.45, 7) is 13.3. The number of fused-ring (bicyclic) bond motifs is 1. The first-order valence-electron chi connectivity index (χ1n) is 15.5. The number of nitrogens with zero attached hydrogens (tertiary/aromatic N) is 3. The van der Waals surface area contributed by atoms with E-state index in [1.54, 1.807) is 26.0 Å². The van der Waals surface area contributed by atoms with E-state index in [1.807, 2.05) is 38.1 Å². The number of unbranched alkanes of at least 4 members (excludes halogenated alkanes) is 1. The van der Waals surface area contributed by atoms with Crippen molar-refractivity contribution in [2.24, 2.45) is 0 Å². The highest BCUT2D eigenvalue weighted by Gasteiger charge is 2.39. The van der Waals surface area contributed by atoms with Gasteiger partial charge in [0.05, 0.1) is 25.7 Å². The highest BCUT2D eigenvalue weighted by Crippen LogP contribution is 2.55. The molecule has 43 heavy (non-hydrogen) atoms. The molecule has 2 atom stereocenters. The summed E-state index contributed by atoms with van der Waals surface area (Å²) < 4.78 is 17.2. The van der Waals surface area contributed by atoms with Crippen LogP contribution in [0.5, 0.6) is 17.2 Å². The van der Waals surface area contributed by atoms with E-state index in [2.05, 4.69) is 53.1 Å². The van der Waals surface area contributed by atoms with Crippen molar-refractivity contribution in [1.29, 1.82) is 0 Å². The molecule has 1 saturated heterocycles. The third-order valence-corrected chi connectivity index (χ3v) is 10.2. The number of aryl methyl sites for hydroxylation is 1. The summed E-state index contributed by atoms with van der Waals surface area (Å²) in [7, 11) is 3.39. The minimum atomic E-state index is -0.757. The Kier molecular flexibility index (Phi) is 10.6. The molecule has 0 bridgehead atoms. The maximum absolute atomic E-state index is 13.6. The zero-order chi connectivity index (χ0) is 30.4. The van der Waals surface area contributed by atoms with Crippen molar-refractivity contribution in [2.45, 2.75) is 55.8 Å². The van der Waals surface area contributed by atoms with Gasteiger partial charge >= 0.3 is 0 Å². The van der Waals surface area contributed by atoms with Gasteiger partial charge in [-0.05, 0) is 88.0 Å². The van der Waals surface area contributed by atoms with E-state index in [9.17, 15) is 5.21 Å². The van der Waals surface area contributed by atoms with Crippen LogP contribution >= 0.6 is 11.8 Å². The van der Waals surface area contributed by atoms with Gasteiger partial charge in [-0.3, -0.25) is 0 Å². The van der Waals surface area contributed by atoms with Crippen LogP contribution in [-0.2, 0) is 11.3 Å². The summed E-state index contributed by atoms with van der Waals surface area (Å²) in [4.78, 5) is 5.52. The monoisotopic (exact) mass is 604 g/mol.